The molecule has 0 atom stereocenters. The van der Waals surface area contributed by atoms with Gasteiger partial charge in [0.15, 0.2) is 5.82 Å². The molecular weight excluding hydrogens is 410 g/mol. The summed E-state index contributed by atoms with van der Waals surface area (Å²) in [6.45, 7) is 3.58. The first-order valence-electron chi connectivity index (χ1n) is 10.1. The van der Waals surface area contributed by atoms with Crippen LogP contribution < -0.4 is 0 Å². The molecule has 7 nitrogen and oxygen atoms in total. The minimum Gasteiger partial charge on any atom is -0.309 e. The fraction of sp³-hybridized carbons (Fsp3) is 0.0769. The van der Waals surface area contributed by atoms with Crippen molar-refractivity contribution in [2.45, 2.75) is 13.8 Å². The summed E-state index contributed by atoms with van der Waals surface area (Å²) in [6.07, 6.45) is 0. The normalized spacial score (nSPS) is 10.6. The third-order valence-corrected chi connectivity index (χ3v) is 5.51. The molecule has 0 amide bonds. The Bertz CT molecular complexity index is 1630. The van der Waals surface area contributed by atoms with Gasteiger partial charge in [-0.1, -0.05) is 12.1 Å². The van der Waals surface area contributed by atoms with Gasteiger partial charge < -0.3 is 4.57 Å². The van der Waals surface area contributed by atoms with Gasteiger partial charge in [0.2, 0.25) is 0 Å². The Balaban J connectivity index is 1.82. The number of benzene rings is 3. The summed E-state index contributed by atoms with van der Waals surface area (Å²) in [6, 6.07) is 23.1. The molecule has 0 saturated heterocycles. The fourth-order valence-corrected chi connectivity index (χ4v) is 4.13. The van der Waals surface area contributed by atoms with Gasteiger partial charge in [0.05, 0.1) is 45.9 Å². The van der Waals surface area contributed by atoms with Crippen LogP contribution in [0.1, 0.15) is 28.3 Å². The highest BCUT2D eigenvalue weighted by atomic mass is 15.0. The minimum absolute atomic E-state index is 0.417. The molecule has 5 rings (SSSR count). The zero-order chi connectivity index (χ0) is 23.1. The zero-order valence-electron chi connectivity index (χ0n) is 17.8. The molecule has 0 aliphatic rings. The fourth-order valence-electron chi connectivity index (χ4n) is 4.13. The van der Waals surface area contributed by atoms with Crippen LogP contribution in [0.3, 0.4) is 0 Å². The van der Waals surface area contributed by atoms with Gasteiger partial charge in [-0.3, -0.25) is 0 Å². The van der Waals surface area contributed by atoms with Gasteiger partial charge in [0, 0.05) is 22.0 Å². The zero-order valence-corrected chi connectivity index (χ0v) is 17.8. The molecule has 0 saturated carbocycles. The van der Waals surface area contributed by atoms with Gasteiger partial charge in [-0.15, -0.1) is 0 Å². The van der Waals surface area contributed by atoms with E-state index in [0.717, 1.165) is 27.5 Å². The van der Waals surface area contributed by atoms with Crippen LogP contribution in [0.2, 0.25) is 0 Å². The van der Waals surface area contributed by atoms with Crippen molar-refractivity contribution in [3.63, 3.8) is 0 Å². The molecule has 154 valence electrons. The SMILES string of the molecule is Cc1nc(C)nc(-c2ccc(-n3c4cc(C#N)ccc4c4ccc(C#N)cc43)cc2C#N)n1. The molecule has 2 heterocycles. The lowest BCUT2D eigenvalue weighted by molar-refractivity contribution is 0.928. The lowest BCUT2D eigenvalue weighted by Gasteiger charge is -2.11. The predicted molar refractivity (Wildman–Crippen MR) is 123 cm³/mol. The highest BCUT2D eigenvalue weighted by Gasteiger charge is 2.16. The maximum Gasteiger partial charge on any atom is 0.164 e. The van der Waals surface area contributed by atoms with Crippen molar-refractivity contribution in [3.8, 4) is 35.3 Å². The number of nitriles is 3. The van der Waals surface area contributed by atoms with E-state index in [9.17, 15) is 15.8 Å². The lowest BCUT2D eigenvalue weighted by Crippen LogP contribution is -2.01. The van der Waals surface area contributed by atoms with Crippen molar-refractivity contribution < 1.29 is 0 Å². The molecule has 0 aliphatic heterocycles. The molecule has 0 N–H and O–H groups in total. The van der Waals surface area contributed by atoms with Crippen LogP contribution in [0, 0.1) is 47.8 Å². The first kappa shape index (κ1) is 19.9. The number of nitrogens with zero attached hydrogens (tertiary/aromatic N) is 7. The third kappa shape index (κ3) is 3.24. The van der Waals surface area contributed by atoms with E-state index in [2.05, 4.69) is 33.2 Å². The molecule has 5 aromatic rings. The monoisotopic (exact) mass is 425 g/mol. The van der Waals surface area contributed by atoms with Crippen molar-refractivity contribution in [3.05, 3.63) is 82.9 Å². The van der Waals surface area contributed by atoms with Gasteiger partial charge in [0.25, 0.3) is 0 Å². The van der Waals surface area contributed by atoms with E-state index >= 15 is 0 Å². The van der Waals surface area contributed by atoms with Gasteiger partial charge in [0.1, 0.15) is 11.6 Å². The molecule has 0 bridgehead atoms. The summed E-state index contributed by atoms with van der Waals surface area (Å²) in [5.74, 6) is 1.62. The van der Waals surface area contributed by atoms with E-state index in [1.165, 1.54) is 0 Å². The Morgan fingerprint density at radius 1 is 0.667 bits per heavy atom. The van der Waals surface area contributed by atoms with Gasteiger partial charge in [-0.25, -0.2) is 15.0 Å². The van der Waals surface area contributed by atoms with Crippen LogP contribution >= 0.6 is 0 Å². The quantitative estimate of drug-likeness (QED) is 0.398. The summed E-state index contributed by atoms with van der Waals surface area (Å²) in [5.41, 5.74) is 4.47. The Labute approximate surface area is 189 Å². The van der Waals surface area contributed by atoms with E-state index in [0.29, 0.717) is 39.7 Å². The number of rotatable bonds is 2. The Kier molecular flexibility index (Phi) is 4.56. The second-order valence-corrected chi connectivity index (χ2v) is 7.62. The van der Waals surface area contributed by atoms with E-state index in [1.807, 2.05) is 41.0 Å². The number of hydrogen-bond acceptors (Lipinski definition) is 6. The molecule has 0 fully saturated rings. The number of hydrogen-bond donors (Lipinski definition) is 0. The smallest absolute Gasteiger partial charge is 0.164 e. The van der Waals surface area contributed by atoms with E-state index in [1.54, 1.807) is 32.0 Å². The summed E-state index contributed by atoms with van der Waals surface area (Å²) < 4.78 is 1.97. The molecule has 2 aromatic heterocycles. The van der Waals surface area contributed by atoms with Crippen molar-refractivity contribution in [2.24, 2.45) is 0 Å². The maximum atomic E-state index is 9.91. The van der Waals surface area contributed by atoms with Crippen molar-refractivity contribution in [1.82, 2.24) is 19.5 Å². The van der Waals surface area contributed by atoms with Crippen LogP contribution in [0.25, 0.3) is 38.9 Å². The highest BCUT2D eigenvalue weighted by molar-refractivity contribution is 6.10. The van der Waals surface area contributed by atoms with Crippen molar-refractivity contribution >= 4 is 21.8 Å². The molecule has 7 heteroatoms. The number of aryl methyl sites for hydroxylation is 2. The summed E-state index contributed by atoms with van der Waals surface area (Å²) >= 11 is 0. The Morgan fingerprint density at radius 3 is 1.76 bits per heavy atom. The van der Waals surface area contributed by atoms with Crippen LogP contribution in [-0.4, -0.2) is 19.5 Å². The Hall–Kier alpha value is -5.06. The first-order chi connectivity index (χ1) is 16.0. The van der Waals surface area contributed by atoms with Gasteiger partial charge >= 0.3 is 0 Å². The molecule has 0 aliphatic carbocycles. The van der Waals surface area contributed by atoms with Crippen LogP contribution in [-0.2, 0) is 0 Å². The van der Waals surface area contributed by atoms with Crippen molar-refractivity contribution in [1.29, 1.82) is 15.8 Å². The molecule has 0 radical (unpaired) electrons. The average Bonchev–Trinajstić information content (AvgIpc) is 3.15. The predicted octanol–water partition coefficient (Wildman–Crippen LogP) is 4.87. The standard InChI is InChI=1S/C26H15N7/c1-15-30-16(2)32-26(31-15)21-8-5-20(11-19(21)14-29)33-24-9-17(12-27)3-6-22(24)23-7-4-18(13-28)10-25(23)33/h3-11H,1-2H3. The maximum absolute atomic E-state index is 9.91. The number of aromatic nitrogens is 4. The van der Waals surface area contributed by atoms with Gasteiger partial charge in [-0.2, -0.15) is 15.8 Å². The lowest BCUT2D eigenvalue weighted by atomic mass is 10.1. The molecule has 33 heavy (non-hydrogen) atoms. The molecule has 0 spiro atoms. The summed E-state index contributed by atoms with van der Waals surface area (Å²) in [7, 11) is 0. The highest BCUT2D eigenvalue weighted by Crippen LogP contribution is 2.34. The van der Waals surface area contributed by atoms with Crippen molar-refractivity contribution in [2.75, 3.05) is 0 Å². The second kappa shape index (κ2) is 7.57. The van der Waals surface area contributed by atoms with Gasteiger partial charge in [-0.05, 0) is 56.3 Å². The average molecular weight is 425 g/mol. The molecule has 3 aromatic carbocycles. The summed E-state index contributed by atoms with van der Waals surface area (Å²) in [5, 5.41) is 30.7. The Morgan fingerprint density at radius 2 is 1.24 bits per heavy atom. The minimum atomic E-state index is 0.417. The van der Waals surface area contributed by atoms with E-state index < -0.39 is 0 Å². The van der Waals surface area contributed by atoms with Crippen LogP contribution in [0.15, 0.2) is 54.6 Å². The van der Waals surface area contributed by atoms with Crippen LogP contribution in [0.4, 0.5) is 0 Å². The molecule has 0 unspecified atom stereocenters. The van der Waals surface area contributed by atoms with E-state index in [-0.39, 0.29) is 0 Å². The number of fused-ring (bicyclic) bond motifs is 3. The molecular formula is C26H15N7. The topological polar surface area (TPSA) is 115 Å². The van der Waals surface area contributed by atoms with Crippen LogP contribution in [0.5, 0.6) is 0 Å². The van der Waals surface area contributed by atoms with E-state index in [4.69, 9.17) is 0 Å². The second-order valence-electron chi connectivity index (χ2n) is 7.62. The largest absolute Gasteiger partial charge is 0.309 e. The summed E-state index contributed by atoms with van der Waals surface area (Å²) in [4.78, 5) is 13.0. The third-order valence-electron chi connectivity index (χ3n) is 5.51. The first-order valence-corrected chi connectivity index (χ1v) is 10.1.